The summed E-state index contributed by atoms with van der Waals surface area (Å²) < 4.78 is 11.2. The Bertz CT molecular complexity index is 715. The molecule has 45 heavy (non-hydrogen) atoms. The first-order chi connectivity index (χ1) is 21.6. The zero-order valence-electron chi connectivity index (χ0n) is 28.0. The summed E-state index contributed by atoms with van der Waals surface area (Å²) in [6.45, 7) is 0.986. The maximum atomic E-state index is 12.2. The summed E-state index contributed by atoms with van der Waals surface area (Å²) in [6.07, 6.45) is 13.8. The molecule has 0 saturated carbocycles. The molecule has 0 radical (unpaired) electrons. The highest BCUT2D eigenvalue weighted by molar-refractivity contribution is 5.78. The predicted octanol–water partition coefficient (Wildman–Crippen LogP) is 2.96. The van der Waals surface area contributed by atoms with Crippen LogP contribution in [0.15, 0.2) is 0 Å². The normalized spacial score (nSPS) is 24.8. The predicted molar refractivity (Wildman–Crippen MR) is 175 cm³/mol. The van der Waals surface area contributed by atoms with Crippen molar-refractivity contribution >= 4 is 5.78 Å². The highest BCUT2D eigenvalue weighted by Gasteiger charge is 2.45. The minimum absolute atomic E-state index is 0.132. The molecule has 1 fully saturated rings. The summed E-state index contributed by atoms with van der Waals surface area (Å²) in [5, 5.41) is 58.8. The molecule has 0 aromatic heterocycles. The quantitative estimate of drug-likeness (QED) is 0.0553. The minimum atomic E-state index is -1.53. The molecule has 1 aliphatic rings. The van der Waals surface area contributed by atoms with Gasteiger partial charge in [0.05, 0.1) is 31.5 Å². The maximum Gasteiger partial charge on any atom is 0.187 e. The molecule has 1 heterocycles. The topological polar surface area (TPSA) is 209 Å². The number of nitrogens with two attached hydrogens (primary N) is 2. The molecule has 268 valence electrons. The third-order valence-electron chi connectivity index (χ3n) is 9.10. The van der Waals surface area contributed by atoms with E-state index in [0.717, 1.165) is 57.8 Å². The van der Waals surface area contributed by atoms with Crippen molar-refractivity contribution in [2.75, 3.05) is 13.2 Å². The number of Topliss-reactive ketones (excluding diaryl/α,β-unsaturated/α-hetero) is 1. The molecule has 0 aromatic carbocycles. The van der Waals surface area contributed by atoms with Crippen molar-refractivity contribution in [2.24, 2.45) is 11.5 Å². The summed E-state index contributed by atoms with van der Waals surface area (Å²) in [4.78, 5) is 12.2. The van der Waals surface area contributed by atoms with Gasteiger partial charge in [-0.15, -0.1) is 0 Å². The number of ether oxygens (including phenoxy) is 2. The third kappa shape index (κ3) is 19.0. The number of aliphatic hydroxyl groups is 6. The van der Waals surface area contributed by atoms with Crippen LogP contribution in [0.25, 0.3) is 0 Å². The van der Waals surface area contributed by atoms with E-state index in [2.05, 4.69) is 0 Å². The van der Waals surface area contributed by atoms with E-state index >= 15 is 0 Å². The summed E-state index contributed by atoms with van der Waals surface area (Å²) in [7, 11) is 0. The van der Waals surface area contributed by atoms with Gasteiger partial charge in [-0.3, -0.25) is 4.79 Å². The fraction of sp³-hybridized carbons (Fsp3) is 0.971. The molecule has 1 aliphatic heterocycles. The van der Waals surface area contributed by atoms with E-state index in [4.69, 9.17) is 20.9 Å². The highest BCUT2D eigenvalue weighted by atomic mass is 16.7. The summed E-state index contributed by atoms with van der Waals surface area (Å²) in [5.74, 6) is 0.351. The van der Waals surface area contributed by atoms with Crippen LogP contribution >= 0.6 is 0 Å². The van der Waals surface area contributed by atoms with Crippen LogP contribution in [0.5, 0.6) is 0 Å². The van der Waals surface area contributed by atoms with Gasteiger partial charge in [0.25, 0.3) is 0 Å². The molecule has 0 bridgehead atoms. The van der Waals surface area contributed by atoms with E-state index in [0.29, 0.717) is 25.0 Å². The molecule has 9 atom stereocenters. The van der Waals surface area contributed by atoms with Gasteiger partial charge >= 0.3 is 0 Å². The molecule has 0 aliphatic carbocycles. The van der Waals surface area contributed by atoms with Gasteiger partial charge in [-0.2, -0.15) is 0 Å². The monoisotopic (exact) mass is 648 g/mol. The van der Waals surface area contributed by atoms with Gasteiger partial charge in [0.2, 0.25) is 0 Å². The van der Waals surface area contributed by atoms with Crippen molar-refractivity contribution in [2.45, 2.75) is 197 Å². The maximum absolute atomic E-state index is 12.2. The number of hydrogen-bond acceptors (Lipinski definition) is 11. The van der Waals surface area contributed by atoms with Gasteiger partial charge in [-0.1, -0.05) is 96.3 Å². The second-order valence-corrected chi connectivity index (χ2v) is 13.3. The Morgan fingerprint density at radius 3 is 1.58 bits per heavy atom. The molecule has 1 saturated heterocycles. The largest absolute Gasteiger partial charge is 0.395 e. The third-order valence-corrected chi connectivity index (χ3v) is 9.10. The Kier molecular flexibility index (Phi) is 24.7. The van der Waals surface area contributed by atoms with Crippen molar-refractivity contribution in [1.29, 1.82) is 0 Å². The fourth-order valence-corrected chi connectivity index (χ4v) is 5.88. The molecule has 11 nitrogen and oxygen atoms in total. The van der Waals surface area contributed by atoms with Crippen LogP contribution in [0.2, 0.25) is 0 Å². The van der Waals surface area contributed by atoms with Crippen molar-refractivity contribution in [1.82, 2.24) is 0 Å². The summed E-state index contributed by atoms with van der Waals surface area (Å²) in [5.41, 5.74) is 11.7. The van der Waals surface area contributed by atoms with Crippen molar-refractivity contribution in [3.05, 3.63) is 0 Å². The van der Waals surface area contributed by atoms with Gasteiger partial charge in [0, 0.05) is 18.9 Å². The van der Waals surface area contributed by atoms with Crippen LogP contribution in [0.3, 0.4) is 0 Å². The lowest BCUT2D eigenvalue weighted by atomic mass is 9.98. The van der Waals surface area contributed by atoms with Crippen LogP contribution < -0.4 is 11.5 Å². The SMILES string of the molecule is CC(N)C(O)CCCCCCCCCCCCCCC(=O)CCCCCCCC(O[C@@H]1O[C@H](CO)[C@H](O)[C@H](O)[C@H]1O)C(N)CO. The van der Waals surface area contributed by atoms with Gasteiger partial charge in [0.15, 0.2) is 6.29 Å². The van der Waals surface area contributed by atoms with Crippen molar-refractivity contribution in [3.63, 3.8) is 0 Å². The molecule has 0 aromatic rings. The summed E-state index contributed by atoms with van der Waals surface area (Å²) >= 11 is 0. The molecule has 1 rings (SSSR count). The van der Waals surface area contributed by atoms with E-state index in [9.17, 15) is 35.4 Å². The van der Waals surface area contributed by atoms with Crippen molar-refractivity contribution < 1.29 is 44.9 Å². The lowest BCUT2D eigenvalue weighted by Gasteiger charge is -2.41. The number of carbonyl (C=O) groups is 1. The van der Waals surface area contributed by atoms with E-state index in [1.807, 2.05) is 6.92 Å². The Morgan fingerprint density at radius 2 is 1.13 bits per heavy atom. The van der Waals surface area contributed by atoms with Crippen LogP contribution in [-0.2, 0) is 14.3 Å². The smallest absolute Gasteiger partial charge is 0.187 e. The molecular weight excluding hydrogens is 580 g/mol. The average molecular weight is 649 g/mol. The zero-order chi connectivity index (χ0) is 33.5. The lowest BCUT2D eigenvalue weighted by Crippen LogP contribution is -2.60. The Balaban J connectivity index is 2.00. The standard InChI is InChI=1S/C34H68N2O9/c1-25(35)28(40)21-17-13-9-7-5-3-2-4-6-8-11-15-19-26(39)20-16-12-10-14-18-22-29(27(36)23-37)44-34-33(43)32(42)31(41)30(24-38)45-34/h25,27-34,37-38,40-43H,2-24,35-36H2,1H3/t25?,27?,28?,29?,30-,31+,32+,33-,34-/m1/s1. The van der Waals surface area contributed by atoms with Crippen molar-refractivity contribution in [3.8, 4) is 0 Å². The second kappa shape index (κ2) is 26.3. The Labute approximate surface area is 272 Å². The van der Waals surface area contributed by atoms with E-state index < -0.39 is 49.5 Å². The average Bonchev–Trinajstić information content (AvgIpc) is 3.03. The summed E-state index contributed by atoms with van der Waals surface area (Å²) in [6, 6.07) is -0.846. The number of rotatable bonds is 29. The fourth-order valence-electron chi connectivity index (χ4n) is 5.88. The molecular formula is C34H68N2O9. The van der Waals surface area contributed by atoms with E-state index in [1.165, 1.54) is 57.8 Å². The number of ketones is 1. The molecule has 0 spiro atoms. The molecule has 10 N–H and O–H groups in total. The van der Waals surface area contributed by atoms with E-state index in [-0.39, 0.29) is 18.8 Å². The first-order valence-electron chi connectivity index (χ1n) is 17.9. The minimum Gasteiger partial charge on any atom is -0.395 e. The van der Waals surface area contributed by atoms with Crippen LogP contribution in [0.4, 0.5) is 0 Å². The van der Waals surface area contributed by atoms with E-state index in [1.54, 1.807) is 0 Å². The Morgan fingerprint density at radius 1 is 0.689 bits per heavy atom. The number of unbranched alkanes of at least 4 members (excludes halogenated alkanes) is 15. The van der Waals surface area contributed by atoms with Gasteiger partial charge in [0.1, 0.15) is 30.2 Å². The molecule has 4 unspecified atom stereocenters. The van der Waals surface area contributed by atoms with Crippen LogP contribution in [0.1, 0.15) is 142 Å². The van der Waals surface area contributed by atoms with Gasteiger partial charge < -0.3 is 51.6 Å². The Hall–Kier alpha value is -0.730. The first kappa shape index (κ1) is 42.3. The number of aliphatic hydroxyl groups excluding tert-OH is 6. The lowest BCUT2D eigenvalue weighted by molar-refractivity contribution is -0.313. The van der Waals surface area contributed by atoms with Crippen LogP contribution in [-0.4, -0.2) is 105 Å². The second-order valence-electron chi connectivity index (χ2n) is 13.3. The van der Waals surface area contributed by atoms with Gasteiger partial charge in [-0.05, 0) is 32.6 Å². The molecule has 0 amide bonds. The zero-order valence-corrected chi connectivity index (χ0v) is 28.0. The van der Waals surface area contributed by atoms with Gasteiger partial charge in [-0.25, -0.2) is 0 Å². The molecule has 11 heteroatoms. The number of hydrogen-bond donors (Lipinski definition) is 8. The highest BCUT2D eigenvalue weighted by Crippen LogP contribution is 2.25. The number of carbonyl (C=O) groups excluding carboxylic acids is 1. The first-order valence-corrected chi connectivity index (χ1v) is 17.9. The van der Waals surface area contributed by atoms with Crippen LogP contribution in [0, 0.1) is 0 Å².